The van der Waals surface area contributed by atoms with E-state index in [0.717, 1.165) is 24.0 Å². The Morgan fingerprint density at radius 2 is 2.16 bits per heavy atom. The highest BCUT2D eigenvalue weighted by atomic mass is 16.5. The van der Waals surface area contributed by atoms with Crippen LogP contribution >= 0.6 is 0 Å². The first-order valence-corrected chi connectivity index (χ1v) is 10.5. The summed E-state index contributed by atoms with van der Waals surface area (Å²) < 4.78 is 12.6. The van der Waals surface area contributed by atoms with E-state index in [9.17, 15) is 14.7 Å². The van der Waals surface area contributed by atoms with Gasteiger partial charge in [-0.05, 0) is 55.3 Å². The third-order valence-electron chi connectivity index (χ3n) is 5.81. The largest absolute Gasteiger partial charge is 0.485 e. The second-order valence-corrected chi connectivity index (χ2v) is 8.46. The highest BCUT2D eigenvalue weighted by molar-refractivity contribution is 5.78. The van der Waals surface area contributed by atoms with Gasteiger partial charge in [0.05, 0.1) is 12.6 Å². The summed E-state index contributed by atoms with van der Waals surface area (Å²) in [4.78, 5) is 25.5. The number of aliphatic hydroxyl groups excluding tert-OH is 1. The zero-order valence-electron chi connectivity index (χ0n) is 17.9. The first kappa shape index (κ1) is 21.2. The molecule has 0 radical (unpaired) electrons. The standard InChI is InChI=1S/C21H27N5O5/c1-13(27)30-11-10-26-20(22-23-24-26)14-7-8-16-15(12-14)18(19(29)21(2,3)31-16)25-9-5-4-6-17(25)28/h7-8,12,18-19,29H,4-6,9-11H2,1-3H3/t18-,19+/m0/s1. The number of fused-ring (bicyclic) bond motifs is 1. The van der Waals surface area contributed by atoms with Crippen LogP contribution in [-0.4, -0.2) is 66.9 Å². The smallest absolute Gasteiger partial charge is 0.302 e. The van der Waals surface area contributed by atoms with Gasteiger partial charge in [0.2, 0.25) is 5.91 Å². The van der Waals surface area contributed by atoms with Crippen molar-refractivity contribution in [1.82, 2.24) is 25.1 Å². The molecule has 2 aliphatic heterocycles. The molecule has 10 nitrogen and oxygen atoms in total. The van der Waals surface area contributed by atoms with Gasteiger partial charge >= 0.3 is 5.97 Å². The lowest BCUT2D eigenvalue weighted by Gasteiger charge is -2.47. The molecule has 0 spiro atoms. The van der Waals surface area contributed by atoms with Crippen LogP contribution in [0.3, 0.4) is 0 Å². The van der Waals surface area contributed by atoms with E-state index in [-0.39, 0.29) is 18.5 Å². The third-order valence-corrected chi connectivity index (χ3v) is 5.81. The van der Waals surface area contributed by atoms with E-state index in [4.69, 9.17) is 9.47 Å². The Hall–Kier alpha value is -3.01. The van der Waals surface area contributed by atoms with Crippen molar-refractivity contribution in [2.45, 2.75) is 64.3 Å². The quantitative estimate of drug-likeness (QED) is 0.710. The summed E-state index contributed by atoms with van der Waals surface area (Å²) in [6.45, 7) is 6.05. The van der Waals surface area contributed by atoms with E-state index in [1.54, 1.807) is 9.58 Å². The lowest BCUT2D eigenvalue weighted by molar-refractivity contribution is -0.147. The van der Waals surface area contributed by atoms with Gasteiger partial charge in [0.1, 0.15) is 24.1 Å². The second-order valence-electron chi connectivity index (χ2n) is 8.46. The van der Waals surface area contributed by atoms with Crippen molar-refractivity contribution in [2.24, 2.45) is 0 Å². The van der Waals surface area contributed by atoms with Crippen LogP contribution in [0, 0.1) is 0 Å². The van der Waals surface area contributed by atoms with Crippen molar-refractivity contribution in [3.8, 4) is 17.1 Å². The number of ether oxygens (including phenoxy) is 2. The molecule has 0 unspecified atom stereocenters. The molecule has 2 aromatic rings. The van der Waals surface area contributed by atoms with Crippen molar-refractivity contribution < 1.29 is 24.2 Å². The molecule has 1 saturated heterocycles. The number of benzene rings is 1. The molecular weight excluding hydrogens is 402 g/mol. The summed E-state index contributed by atoms with van der Waals surface area (Å²) >= 11 is 0. The second kappa shape index (κ2) is 8.26. The molecule has 3 heterocycles. The van der Waals surface area contributed by atoms with Crippen molar-refractivity contribution in [3.05, 3.63) is 23.8 Å². The van der Waals surface area contributed by atoms with Crippen LogP contribution in [0.4, 0.5) is 0 Å². The maximum absolute atomic E-state index is 12.7. The van der Waals surface area contributed by atoms with Gasteiger partial charge in [-0.3, -0.25) is 9.59 Å². The third kappa shape index (κ3) is 4.12. The lowest BCUT2D eigenvalue weighted by atomic mass is 9.84. The van der Waals surface area contributed by atoms with Gasteiger partial charge in [-0.25, -0.2) is 4.68 Å². The highest BCUT2D eigenvalue weighted by Crippen LogP contribution is 2.45. The number of carbonyl (C=O) groups is 2. The van der Waals surface area contributed by atoms with Gasteiger partial charge in [-0.2, -0.15) is 0 Å². The molecule has 1 N–H and O–H groups in total. The number of piperidine rings is 1. The van der Waals surface area contributed by atoms with E-state index < -0.39 is 17.7 Å². The van der Waals surface area contributed by atoms with Crippen LogP contribution in [0.2, 0.25) is 0 Å². The summed E-state index contributed by atoms with van der Waals surface area (Å²) in [5.41, 5.74) is 0.605. The van der Waals surface area contributed by atoms with E-state index in [1.807, 2.05) is 32.0 Å². The van der Waals surface area contributed by atoms with Crippen LogP contribution in [0.5, 0.6) is 5.75 Å². The fourth-order valence-electron chi connectivity index (χ4n) is 4.20. The zero-order valence-corrected chi connectivity index (χ0v) is 17.9. The molecule has 1 fully saturated rings. The first-order valence-electron chi connectivity index (χ1n) is 10.5. The molecule has 0 bridgehead atoms. The number of aromatic nitrogens is 4. The molecule has 1 aromatic heterocycles. The molecule has 166 valence electrons. The Morgan fingerprint density at radius 1 is 1.35 bits per heavy atom. The number of esters is 1. The lowest BCUT2D eigenvalue weighted by Crippen LogP contribution is -2.55. The van der Waals surface area contributed by atoms with Crippen LogP contribution in [-0.2, 0) is 20.9 Å². The minimum absolute atomic E-state index is 0.0376. The predicted molar refractivity (Wildman–Crippen MR) is 109 cm³/mol. The first-order chi connectivity index (χ1) is 14.8. The minimum Gasteiger partial charge on any atom is -0.485 e. The van der Waals surface area contributed by atoms with E-state index in [2.05, 4.69) is 15.5 Å². The number of tetrazole rings is 1. The minimum atomic E-state index is -0.891. The Balaban J connectivity index is 1.71. The van der Waals surface area contributed by atoms with E-state index in [0.29, 0.717) is 31.1 Å². The number of carbonyl (C=O) groups excluding carboxylic acids is 2. The van der Waals surface area contributed by atoms with Crippen molar-refractivity contribution in [3.63, 3.8) is 0 Å². The summed E-state index contributed by atoms with van der Waals surface area (Å²) in [6, 6.07) is 5.02. The normalized spacial score (nSPS) is 22.6. The average molecular weight is 429 g/mol. The molecule has 0 saturated carbocycles. The fourth-order valence-corrected chi connectivity index (χ4v) is 4.20. The molecule has 2 aliphatic rings. The van der Waals surface area contributed by atoms with Crippen molar-refractivity contribution in [1.29, 1.82) is 0 Å². The highest BCUT2D eigenvalue weighted by Gasteiger charge is 2.47. The molecule has 0 aliphatic carbocycles. The maximum Gasteiger partial charge on any atom is 0.302 e. The number of amides is 1. The number of aliphatic hydroxyl groups is 1. The molecule has 4 rings (SSSR count). The van der Waals surface area contributed by atoms with E-state index >= 15 is 0 Å². The van der Waals surface area contributed by atoms with Crippen LogP contribution in [0.25, 0.3) is 11.4 Å². The number of nitrogens with zero attached hydrogens (tertiary/aromatic N) is 5. The van der Waals surface area contributed by atoms with Gasteiger partial charge < -0.3 is 19.5 Å². The van der Waals surface area contributed by atoms with Crippen molar-refractivity contribution >= 4 is 11.9 Å². The summed E-state index contributed by atoms with van der Waals surface area (Å²) in [5, 5.41) is 23.0. The number of rotatable bonds is 5. The number of hydrogen-bond donors (Lipinski definition) is 1. The molecule has 2 atom stereocenters. The van der Waals surface area contributed by atoms with Gasteiger partial charge in [0, 0.05) is 31.0 Å². The summed E-state index contributed by atoms with van der Waals surface area (Å²) in [6.07, 6.45) is 1.35. The predicted octanol–water partition coefficient (Wildman–Crippen LogP) is 1.49. The topological polar surface area (TPSA) is 120 Å². The van der Waals surface area contributed by atoms with Crippen LogP contribution < -0.4 is 4.74 Å². The summed E-state index contributed by atoms with van der Waals surface area (Å²) in [7, 11) is 0. The van der Waals surface area contributed by atoms with Crippen molar-refractivity contribution in [2.75, 3.05) is 13.2 Å². The number of hydrogen-bond acceptors (Lipinski definition) is 8. The molecule has 10 heteroatoms. The van der Waals surface area contributed by atoms with Gasteiger partial charge in [0.15, 0.2) is 5.82 Å². The molecular formula is C21H27N5O5. The Kier molecular flexibility index (Phi) is 5.65. The number of likely N-dealkylation sites (tertiary alicyclic amines) is 1. The maximum atomic E-state index is 12.7. The molecule has 31 heavy (non-hydrogen) atoms. The molecule has 1 aromatic carbocycles. The average Bonchev–Trinajstić information content (AvgIpc) is 3.18. The zero-order chi connectivity index (χ0) is 22.2. The Morgan fingerprint density at radius 3 is 2.90 bits per heavy atom. The Bertz CT molecular complexity index is 988. The monoisotopic (exact) mass is 429 g/mol. The van der Waals surface area contributed by atoms with Gasteiger partial charge in [-0.1, -0.05) is 0 Å². The van der Waals surface area contributed by atoms with Gasteiger partial charge in [-0.15, -0.1) is 5.10 Å². The van der Waals surface area contributed by atoms with Crippen LogP contribution in [0.15, 0.2) is 18.2 Å². The van der Waals surface area contributed by atoms with Gasteiger partial charge in [0.25, 0.3) is 0 Å². The Labute approximate surface area is 180 Å². The van der Waals surface area contributed by atoms with E-state index in [1.165, 1.54) is 6.92 Å². The fraction of sp³-hybridized carbons (Fsp3) is 0.571. The molecule has 1 amide bonds. The SMILES string of the molecule is CC(=O)OCCn1nnnc1-c1ccc2c(c1)[C@H](N1CCCCC1=O)[C@@H](O)C(C)(C)O2. The van der Waals surface area contributed by atoms with Crippen LogP contribution in [0.1, 0.15) is 51.6 Å². The summed E-state index contributed by atoms with van der Waals surface area (Å²) in [5.74, 6) is 0.793.